The third kappa shape index (κ3) is 2.36. The molecule has 0 aliphatic heterocycles. The minimum atomic E-state index is -0.146. The van der Waals surface area contributed by atoms with Gasteiger partial charge in [-0.1, -0.05) is 17.3 Å². The maximum absolute atomic E-state index is 12.2. The molecule has 0 spiro atoms. The molecule has 0 bridgehead atoms. The molecule has 1 aromatic carbocycles. The zero-order chi connectivity index (χ0) is 12.3. The normalized spacial score (nSPS) is 10.2. The van der Waals surface area contributed by atoms with Crippen molar-refractivity contribution < 1.29 is 9.32 Å². The summed E-state index contributed by atoms with van der Waals surface area (Å²) in [6.45, 7) is 4.52. The number of hydrogen-bond donors (Lipinski definition) is 0. The van der Waals surface area contributed by atoms with Crippen LogP contribution in [-0.4, -0.2) is 17.6 Å². The summed E-state index contributed by atoms with van der Waals surface area (Å²) in [5, 5.41) is 3.67. The van der Waals surface area contributed by atoms with Crippen molar-refractivity contribution in [2.24, 2.45) is 0 Å². The van der Waals surface area contributed by atoms with Crippen molar-refractivity contribution in [1.82, 2.24) is 5.16 Å². The molecule has 0 saturated carbocycles. The van der Waals surface area contributed by atoms with E-state index in [0.717, 1.165) is 11.3 Å². The van der Waals surface area contributed by atoms with Crippen LogP contribution in [0.3, 0.4) is 0 Å². The smallest absolute Gasteiger partial charge is 0.280 e. The molecule has 1 amide bonds. The number of benzene rings is 1. The fourth-order valence-electron chi connectivity index (χ4n) is 1.70. The number of hydrogen-bond acceptors (Lipinski definition) is 3. The van der Waals surface area contributed by atoms with Gasteiger partial charge in [-0.2, -0.15) is 0 Å². The molecule has 0 radical (unpaired) electrons. The Bertz CT molecular complexity index is 506. The zero-order valence-electron chi connectivity index (χ0n) is 9.88. The van der Waals surface area contributed by atoms with Gasteiger partial charge < -0.3 is 9.42 Å². The molecular formula is C13H14N2O2. The van der Waals surface area contributed by atoms with E-state index in [0.29, 0.717) is 12.2 Å². The van der Waals surface area contributed by atoms with Gasteiger partial charge in [-0.05, 0) is 31.5 Å². The molecule has 4 nitrogen and oxygen atoms in total. The Morgan fingerprint density at radius 1 is 1.41 bits per heavy atom. The number of carbonyl (C=O) groups excluding carboxylic acids is 1. The number of aryl methyl sites for hydroxylation is 1. The van der Waals surface area contributed by atoms with Gasteiger partial charge in [0, 0.05) is 18.3 Å². The Hall–Kier alpha value is -2.10. The van der Waals surface area contributed by atoms with Crippen molar-refractivity contribution in [1.29, 1.82) is 0 Å². The molecule has 0 saturated heterocycles. The molecule has 1 aromatic heterocycles. The lowest BCUT2D eigenvalue weighted by molar-refractivity contribution is 0.0979. The van der Waals surface area contributed by atoms with Crippen LogP contribution in [0.4, 0.5) is 5.69 Å². The Morgan fingerprint density at radius 3 is 2.82 bits per heavy atom. The van der Waals surface area contributed by atoms with Crippen LogP contribution in [0, 0.1) is 6.92 Å². The van der Waals surface area contributed by atoms with E-state index in [9.17, 15) is 4.79 Å². The second kappa shape index (κ2) is 4.82. The van der Waals surface area contributed by atoms with Gasteiger partial charge >= 0.3 is 0 Å². The minimum Gasteiger partial charge on any atom is -0.364 e. The van der Waals surface area contributed by atoms with Crippen LogP contribution in [-0.2, 0) is 0 Å². The quantitative estimate of drug-likeness (QED) is 0.814. The summed E-state index contributed by atoms with van der Waals surface area (Å²) in [7, 11) is 0. The van der Waals surface area contributed by atoms with Crippen molar-refractivity contribution in [3.63, 3.8) is 0 Å². The standard InChI is InChI=1S/C13H14N2O2/c1-3-15(11-6-4-5-10(2)9-11)13(16)12-7-8-17-14-12/h4-9H,3H2,1-2H3. The van der Waals surface area contributed by atoms with Crippen molar-refractivity contribution in [2.45, 2.75) is 13.8 Å². The molecule has 0 fully saturated rings. The first-order chi connectivity index (χ1) is 8.22. The highest BCUT2D eigenvalue weighted by atomic mass is 16.5. The molecule has 0 unspecified atom stereocenters. The Morgan fingerprint density at radius 2 is 2.24 bits per heavy atom. The Balaban J connectivity index is 2.31. The van der Waals surface area contributed by atoms with E-state index in [1.807, 2.05) is 38.1 Å². The third-order valence-electron chi connectivity index (χ3n) is 2.53. The number of aromatic nitrogens is 1. The topological polar surface area (TPSA) is 46.3 Å². The average molecular weight is 230 g/mol. The molecule has 0 atom stereocenters. The average Bonchev–Trinajstić information content (AvgIpc) is 2.83. The molecule has 0 aliphatic rings. The van der Waals surface area contributed by atoms with Crippen LogP contribution in [0.5, 0.6) is 0 Å². The van der Waals surface area contributed by atoms with Gasteiger partial charge in [0.1, 0.15) is 6.26 Å². The minimum absolute atomic E-state index is 0.146. The second-order valence-corrected chi connectivity index (χ2v) is 3.77. The summed E-state index contributed by atoms with van der Waals surface area (Å²) in [6.07, 6.45) is 1.40. The van der Waals surface area contributed by atoms with Crippen molar-refractivity contribution >= 4 is 11.6 Å². The van der Waals surface area contributed by atoms with E-state index in [1.54, 1.807) is 11.0 Å². The number of carbonyl (C=O) groups is 1. The highest BCUT2D eigenvalue weighted by Gasteiger charge is 2.18. The third-order valence-corrected chi connectivity index (χ3v) is 2.53. The first-order valence-electron chi connectivity index (χ1n) is 5.51. The maximum Gasteiger partial charge on any atom is 0.280 e. The van der Waals surface area contributed by atoms with Crippen molar-refractivity contribution in [3.8, 4) is 0 Å². The van der Waals surface area contributed by atoms with Gasteiger partial charge in [0.05, 0.1) is 0 Å². The van der Waals surface area contributed by atoms with Crippen LogP contribution in [0.15, 0.2) is 41.1 Å². The Labute approximate surface area is 99.8 Å². The van der Waals surface area contributed by atoms with E-state index in [4.69, 9.17) is 4.52 Å². The lowest BCUT2D eigenvalue weighted by Crippen LogP contribution is -2.30. The molecule has 4 heteroatoms. The Kier molecular flexibility index (Phi) is 3.23. The summed E-state index contributed by atoms with van der Waals surface area (Å²) in [4.78, 5) is 13.8. The van der Waals surface area contributed by atoms with E-state index in [-0.39, 0.29) is 5.91 Å². The van der Waals surface area contributed by atoms with Crippen LogP contribution >= 0.6 is 0 Å². The maximum atomic E-state index is 12.2. The highest BCUT2D eigenvalue weighted by Crippen LogP contribution is 2.17. The molecule has 0 aliphatic carbocycles. The lowest BCUT2D eigenvalue weighted by atomic mass is 10.2. The largest absolute Gasteiger partial charge is 0.364 e. The summed E-state index contributed by atoms with van der Waals surface area (Å²) >= 11 is 0. The highest BCUT2D eigenvalue weighted by molar-refractivity contribution is 6.04. The number of rotatable bonds is 3. The number of nitrogens with zero attached hydrogens (tertiary/aromatic N) is 2. The summed E-state index contributed by atoms with van der Waals surface area (Å²) in [5.74, 6) is -0.146. The molecule has 1 heterocycles. The van der Waals surface area contributed by atoms with E-state index in [1.165, 1.54) is 6.26 Å². The van der Waals surface area contributed by atoms with E-state index in [2.05, 4.69) is 5.16 Å². The van der Waals surface area contributed by atoms with Crippen LogP contribution < -0.4 is 4.90 Å². The molecule has 2 aromatic rings. The van der Waals surface area contributed by atoms with Crippen molar-refractivity contribution in [2.75, 3.05) is 11.4 Å². The van der Waals surface area contributed by atoms with Gasteiger partial charge in [-0.3, -0.25) is 4.79 Å². The predicted octanol–water partition coefficient (Wildman–Crippen LogP) is 2.65. The van der Waals surface area contributed by atoms with Crippen molar-refractivity contribution in [3.05, 3.63) is 47.9 Å². The first kappa shape index (κ1) is 11.4. The SMILES string of the molecule is CCN(C(=O)c1ccon1)c1cccc(C)c1. The number of amides is 1. The zero-order valence-corrected chi connectivity index (χ0v) is 9.88. The van der Waals surface area contributed by atoms with Crippen LogP contribution in [0.1, 0.15) is 23.0 Å². The molecule has 0 N–H and O–H groups in total. The molecular weight excluding hydrogens is 216 g/mol. The molecule has 2 rings (SSSR count). The van der Waals surface area contributed by atoms with E-state index < -0.39 is 0 Å². The monoisotopic (exact) mass is 230 g/mol. The van der Waals surface area contributed by atoms with Gasteiger partial charge in [0.25, 0.3) is 5.91 Å². The van der Waals surface area contributed by atoms with Gasteiger partial charge in [0.2, 0.25) is 0 Å². The fraction of sp³-hybridized carbons (Fsp3) is 0.231. The van der Waals surface area contributed by atoms with Gasteiger partial charge in [-0.25, -0.2) is 0 Å². The molecule has 88 valence electrons. The molecule has 17 heavy (non-hydrogen) atoms. The van der Waals surface area contributed by atoms with Crippen LogP contribution in [0.2, 0.25) is 0 Å². The van der Waals surface area contributed by atoms with E-state index >= 15 is 0 Å². The summed E-state index contributed by atoms with van der Waals surface area (Å²) < 4.78 is 4.69. The predicted molar refractivity (Wildman–Crippen MR) is 65.0 cm³/mol. The van der Waals surface area contributed by atoms with Gasteiger partial charge in [0.15, 0.2) is 5.69 Å². The van der Waals surface area contributed by atoms with Crippen LogP contribution in [0.25, 0.3) is 0 Å². The first-order valence-corrected chi connectivity index (χ1v) is 5.51. The van der Waals surface area contributed by atoms with Gasteiger partial charge in [-0.15, -0.1) is 0 Å². The summed E-state index contributed by atoms with van der Waals surface area (Å²) in [6, 6.07) is 9.39. The summed E-state index contributed by atoms with van der Waals surface area (Å²) in [5.41, 5.74) is 2.32. The lowest BCUT2D eigenvalue weighted by Gasteiger charge is -2.20. The second-order valence-electron chi connectivity index (χ2n) is 3.77. The number of anilines is 1. The fourth-order valence-corrected chi connectivity index (χ4v) is 1.70.